The second kappa shape index (κ2) is 7.98. The highest BCUT2D eigenvalue weighted by atomic mass is 32.1. The van der Waals surface area contributed by atoms with Crippen LogP contribution >= 0.6 is 11.3 Å². The van der Waals surface area contributed by atoms with Crippen molar-refractivity contribution in [3.8, 4) is 11.5 Å². The number of carbonyl (C=O) groups is 2. The van der Waals surface area contributed by atoms with Crippen molar-refractivity contribution in [3.05, 3.63) is 39.3 Å². The van der Waals surface area contributed by atoms with Crippen molar-refractivity contribution in [2.45, 2.75) is 26.3 Å². The summed E-state index contributed by atoms with van der Waals surface area (Å²) in [7, 11) is 3.01. The van der Waals surface area contributed by atoms with Crippen LogP contribution in [0, 0.1) is 13.8 Å². The fourth-order valence-corrected chi connectivity index (χ4v) is 3.31. The fourth-order valence-electron chi connectivity index (χ4n) is 2.49. The molecule has 0 saturated heterocycles. The van der Waals surface area contributed by atoms with Gasteiger partial charge >= 0.3 is 5.97 Å². The molecule has 1 unspecified atom stereocenters. The number of methoxy groups -OCH3 is 2. The highest BCUT2D eigenvalue weighted by Gasteiger charge is 2.24. The maximum atomic E-state index is 12.6. The molecular formula is C17H20N2O5S. The van der Waals surface area contributed by atoms with E-state index in [0.717, 1.165) is 5.01 Å². The Bertz CT molecular complexity index is 787. The number of carbonyl (C=O) groups excluding carboxylic acids is 1. The first kappa shape index (κ1) is 18.7. The Morgan fingerprint density at radius 1 is 1.28 bits per heavy atom. The van der Waals surface area contributed by atoms with Crippen LogP contribution in [0.15, 0.2) is 18.2 Å². The van der Waals surface area contributed by atoms with Gasteiger partial charge in [-0.15, -0.1) is 11.3 Å². The van der Waals surface area contributed by atoms with Crippen molar-refractivity contribution in [2.75, 3.05) is 14.2 Å². The van der Waals surface area contributed by atoms with E-state index in [0.29, 0.717) is 27.6 Å². The summed E-state index contributed by atoms with van der Waals surface area (Å²) in [5.41, 5.74) is 1.19. The number of hydrogen-bond acceptors (Lipinski definition) is 6. The minimum atomic E-state index is -1.03. The van der Waals surface area contributed by atoms with Crippen LogP contribution in [0.5, 0.6) is 11.5 Å². The smallest absolute Gasteiger partial charge is 0.305 e. The van der Waals surface area contributed by atoms with E-state index in [1.54, 1.807) is 25.1 Å². The van der Waals surface area contributed by atoms with Crippen LogP contribution in [-0.2, 0) is 4.79 Å². The summed E-state index contributed by atoms with van der Waals surface area (Å²) in [6, 6.07) is 4.29. The standard InChI is InChI=1S/C17H20N2O5S/c1-9-16(25-10(2)18-9)17(22)19-13(8-15(20)21)12-6-5-11(23-3)7-14(12)24-4/h5-7,13H,8H2,1-4H3,(H,19,22)(H,20,21). The van der Waals surface area contributed by atoms with Gasteiger partial charge in [0.1, 0.15) is 16.4 Å². The van der Waals surface area contributed by atoms with Crippen molar-refractivity contribution in [1.29, 1.82) is 0 Å². The molecule has 1 aromatic carbocycles. The van der Waals surface area contributed by atoms with Gasteiger partial charge in [0.2, 0.25) is 0 Å². The Balaban J connectivity index is 2.35. The molecule has 8 heteroatoms. The van der Waals surface area contributed by atoms with Gasteiger partial charge in [-0.2, -0.15) is 0 Å². The molecule has 0 fully saturated rings. The highest BCUT2D eigenvalue weighted by Crippen LogP contribution is 2.31. The minimum absolute atomic E-state index is 0.273. The number of carboxylic acid groups (broad SMARTS) is 1. The van der Waals surface area contributed by atoms with E-state index in [4.69, 9.17) is 9.47 Å². The van der Waals surface area contributed by atoms with E-state index in [2.05, 4.69) is 10.3 Å². The Morgan fingerprint density at radius 3 is 2.52 bits per heavy atom. The van der Waals surface area contributed by atoms with Gasteiger partial charge in [0.15, 0.2) is 0 Å². The Morgan fingerprint density at radius 2 is 2.00 bits per heavy atom. The van der Waals surface area contributed by atoms with Crippen molar-refractivity contribution in [2.24, 2.45) is 0 Å². The number of aryl methyl sites for hydroxylation is 2. The van der Waals surface area contributed by atoms with E-state index < -0.39 is 12.0 Å². The van der Waals surface area contributed by atoms with Crippen LogP contribution in [-0.4, -0.2) is 36.2 Å². The number of benzene rings is 1. The van der Waals surface area contributed by atoms with Gasteiger partial charge in [-0.3, -0.25) is 9.59 Å². The molecule has 2 rings (SSSR count). The first-order valence-electron chi connectivity index (χ1n) is 7.54. The minimum Gasteiger partial charge on any atom is -0.497 e. The third-order valence-corrected chi connectivity index (χ3v) is 4.68. The van der Waals surface area contributed by atoms with Gasteiger partial charge in [0.05, 0.1) is 37.4 Å². The second-order valence-electron chi connectivity index (χ2n) is 5.38. The maximum Gasteiger partial charge on any atom is 0.305 e. The summed E-state index contributed by atoms with van der Waals surface area (Å²) in [4.78, 5) is 28.5. The van der Waals surface area contributed by atoms with Gasteiger partial charge < -0.3 is 19.9 Å². The summed E-state index contributed by atoms with van der Waals surface area (Å²) < 4.78 is 10.5. The summed E-state index contributed by atoms with van der Waals surface area (Å²) in [6.45, 7) is 3.56. The molecule has 25 heavy (non-hydrogen) atoms. The number of nitrogens with one attached hydrogen (secondary N) is 1. The van der Waals surface area contributed by atoms with Crippen LogP contribution in [0.25, 0.3) is 0 Å². The third-order valence-electron chi connectivity index (χ3n) is 3.61. The van der Waals surface area contributed by atoms with Gasteiger partial charge in [0, 0.05) is 11.6 Å². The number of hydrogen-bond donors (Lipinski definition) is 2. The molecule has 2 aromatic rings. The largest absolute Gasteiger partial charge is 0.497 e. The Kier molecular flexibility index (Phi) is 5.97. The van der Waals surface area contributed by atoms with E-state index in [-0.39, 0.29) is 12.3 Å². The molecule has 7 nitrogen and oxygen atoms in total. The molecule has 0 saturated carbocycles. The highest BCUT2D eigenvalue weighted by molar-refractivity contribution is 7.13. The molecule has 2 N–H and O–H groups in total. The molecule has 0 aliphatic heterocycles. The average Bonchev–Trinajstić information content (AvgIpc) is 2.91. The molecular weight excluding hydrogens is 344 g/mol. The number of rotatable bonds is 7. The van der Waals surface area contributed by atoms with Crippen molar-refractivity contribution >= 4 is 23.2 Å². The zero-order valence-electron chi connectivity index (χ0n) is 14.5. The summed E-state index contributed by atoms with van der Waals surface area (Å²) in [6.07, 6.45) is -0.273. The zero-order valence-corrected chi connectivity index (χ0v) is 15.3. The quantitative estimate of drug-likeness (QED) is 0.784. The van der Waals surface area contributed by atoms with E-state index in [1.807, 2.05) is 6.92 Å². The number of amides is 1. The van der Waals surface area contributed by atoms with Crippen LogP contribution in [0.1, 0.15) is 38.4 Å². The molecule has 134 valence electrons. The van der Waals surface area contributed by atoms with Gasteiger partial charge in [-0.05, 0) is 26.0 Å². The number of aliphatic carboxylic acids is 1. The van der Waals surface area contributed by atoms with Crippen molar-refractivity contribution in [3.63, 3.8) is 0 Å². The summed E-state index contributed by atoms with van der Waals surface area (Å²) >= 11 is 1.27. The molecule has 1 amide bonds. The van der Waals surface area contributed by atoms with Crippen molar-refractivity contribution in [1.82, 2.24) is 10.3 Å². The molecule has 0 spiro atoms. The van der Waals surface area contributed by atoms with Crippen LogP contribution in [0.2, 0.25) is 0 Å². The zero-order chi connectivity index (χ0) is 18.6. The SMILES string of the molecule is COc1ccc(C(CC(=O)O)NC(=O)c2sc(C)nc2C)c(OC)c1. The summed E-state index contributed by atoms with van der Waals surface area (Å²) in [5, 5.41) is 12.8. The lowest BCUT2D eigenvalue weighted by Crippen LogP contribution is -2.30. The normalized spacial score (nSPS) is 11.7. The van der Waals surface area contributed by atoms with Gasteiger partial charge in [-0.1, -0.05) is 0 Å². The maximum absolute atomic E-state index is 12.6. The topological polar surface area (TPSA) is 97.8 Å². The average molecular weight is 364 g/mol. The molecule has 0 aliphatic rings. The number of aromatic nitrogens is 1. The van der Waals surface area contributed by atoms with Gasteiger partial charge in [0.25, 0.3) is 5.91 Å². The number of nitrogens with zero attached hydrogens (tertiary/aromatic N) is 1. The van der Waals surface area contributed by atoms with E-state index in [9.17, 15) is 14.7 Å². The number of carboxylic acids is 1. The second-order valence-corrected chi connectivity index (χ2v) is 6.58. The molecule has 1 atom stereocenters. The van der Waals surface area contributed by atoms with Crippen LogP contribution < -0.4 is 14.8 Å². The van der Waals surface area contributed by atoms with Crippen LogP contribution in [0.3, 0.4) is 0 Å². The fraction of sp³-hybridized carbons (Fsp3) is 0.353. The lowest BCUT2D eigenvalue weighted by molar-refractivity contribution is -0.137. The number of thiazole rings is 1. The van der Waals surface area contributed by atoms with Crippen molar-refractivity contribution < 1.29 is 24.2 Å². The molecule has 1 heterocycles. The summed E-state index contributed by atoms with van der Waals surface area (Å²) in [5.74, 6) is -0.356. The molecule has 0 radical (unpaired) electrons. The van der Waals surface area contributed by atoms with Gasteiger partial charge in [-0.25, -0.2) is 4.98 Å². The van der Waals surface area contributed by atoms with E-state index >= 15 is 0 Å². The first-order valence-corrected chi connectivity index (χ1v) is 8.36. The Hall–Kier alpha value is -2.61. The van der Waals surface area contributed by atoms with Crippen LogP contribution in [0.4, 0.5) is 0 Å². The third kappa shape index (κ3) is 4.48. The molecule has 0 bridgehead atoms. The van der Waals surface area contributed by atoms with E-state index in [1.165, 1.54) is 25.6 Å². The monoisotopic (exact) mass is 364 g/mol. The molecule has 1 aromatic heterocycles. The Labute approximate surface area is 149 Å². The lowest BCUT2D eigenvalue weighted by Gasteiger charge is -2.20. The predicted octanol–water partition coefficient (Wildman–Crippen LogP) is 2.72. The lowest BCUT2D eigenvalue weighted by atomic mass is 10.0. The predicted molar refractivity (Wildman–Crippen MR) is 93.6 cm³/mol. The molecule has 0 aliphatic carbocycles. The first-order chi connectivity index (χ1) is 11.8. The number of ether oxygens (including phenoxy) is 2.